The molecule has 1 unspecified atom stereocenters. The van der Waals surface area contributed by atoms with Crippen LogP contribution >= 0.6 is 0 Å². The van der Waals surface area contributed by atoms with Gasteiger partial charge in [0.25, 0.3) is 0 Å². The largest absolute Gasteiger partial charge is 0.370 e. The molecule has 16 heavy (non-hydrogen) atoms. The molecule has 1 aliphatic rings. The van der Waals surface area contributed by atoms with Gasteiger partial charge in [-0.15, -0.1) is 0 Å². The van der Waals surface area contributed by atoms with Crippen LogP contribution in [-0.2, 0) is 0 Å². The third-order valence-corrected chi connectivity index (χ3v) is 2.63. The van der Waals surface area contributed by atoms with Crippen LogP contribution in [0.15, 0.2) is 12.4 Å². The highest BCUT2D eigenvalue weighted by Crippen LogP contribution is 2.24. The normalized spacial score (nSPS) is 16.9. The van der Waals surface area contributed by atoms with Crippen LogP contribution in [0.1, 0.15) is 19.8 Å². The lowest BCUT2D eigenvalue weighted by Crippen LogP contribution is -2.20. The van der Waals surface area contributed by atoms with Crippen molar-refractivity contribution in [3.05, 3.63) is 12.4 Å². The molecule has 1 aromatic heterocycles. The number of nitrogens with one attached hydrogen (secondary N) is 2. The van der Waals surface area contributed by atoms with Crippen molar-refractivity contribution in [2.45, 2.75) is 25.8 Å². The van der Waals surface area contributed by atoms with Gasteiger partial charge in [-0.1, -0.05) is 6.92 Å². The van der Waals surface area contributed by atoms with E-state index in [1.807, 2.05) is 6.07 Å². The molecule has 88 valence electrons. The Morgan fingerprint density at radius 3 is 2.88 bits per heavy atom. The Hall–Kier alpha value is -1.36. The summed E-state index contributed by atoms with van der Waals surface area (Å²) in [4.78, 5) is 8.35. The number of nitrogens with two attached hydrogens (primary N) is 1. The molecule has 0 radical (unpaired) electrons. The van der Waals surface area contributed by atoms with Crippen LogP contribution in [0.3, 0.4) is 0 Å². The summed E-state index contributed by atoms with van der Waals surface area (Å²) in [5, 5.41) is 6.60. The maximum Gasteiger partial charge on any atom is 0.131 e. The highest BCUT2D eigenvalue weighted by molar-refractivity contribution is 5.47. The van der Waals surface area contributed by atoms with Crippen molar-refractivity contribution in [3.63, 3.8) is 0 Å². The maximum atomic E-state index is 5.56. The van der Waals surface area contributed by atoms with E-state index in [-0.39, 0.29) is 0 Å². The van der Waals surface area contributed by atoms with Crippen molar-refractivity contribution >= 4 is 11.6 Å². The zero-order chi connectivity index (χ0) is 11.4. The van der Waals surface area contributed by atoms with Crippen LogP contribution in [-0.4, -0.2) is 29.1 Å². The summed E-state index contributed by atoms with van der Waals surface area (Å²) in [6.07, 6.45) is 4.08. The molecule has 1 fully saturated rings. The Labute approximate surface area is 95.9 Å². The van der Waals surface area contributed by atoms with E-state index in [1.54, 1.807) is 6.33 Å². The highest BCUT2D eigenvalue weighted by Gasteiger charge is 2.21. The first kappa shape index (κ1) is 11.1. The smallest absolute Gasteiger partial charge is 0.131 e. The third-order valence-electron chi connectivity index (χ3n) is 2.63. The molecule has 1 aromatic rings. The SMILES string of the molecule is CC(CN)CNc1cc(NC2CC2)ncn1. The minimum atomic E-state index is 0.454. The molecule has 0 aromatic carbocycles. The highest BCUT2D eigenvalue weighted by atomic mass is 15.1. The Morgan fingerprint density at radius 1 is 1.44 bits per heavy atom. The molecule has 1 heterocycles. The van der Waals surface area contributed by atoms with E-state index >= 15 is 0 Å². The molecule has 2 rings (SSSR count). The van der Waals surface area contributed by atoms with Gasteiger partial charge in [0.05, 0.1) is 0 Å². The van der Waals surface area contributed by atoms with Crippen molar-refractivity contribution in [1.82, 2.24) is 9.97 Å². The second-order valence-corrected chi connectivity index (χ2v) is 4.43. The molecule has 0 spiro atoms. The molecular formula is C11H19N5. The average molecular weight is 221 g/mol. The lowest BCUT2D eigenvalue weighted by atomic mass is 10.2. The van der Waals surface area contributed by atoms with Crippen LogP contribution < -0.4 is 16.4 Å². The summed E-state index contributed by atoms with van der Waals surface area (Å²) in [5.74, 6) is 2.22. The number of rotatable bonds is 6. The first-order chi connectivity index (χ1) is 7.78. The second kappa shape index (κ2) is 5.12. The molecule has 1 saturated carbocycles. The van der Waals surface area contributed by atoms with E-state index in [1.165, 1.54) is 12.8 Å². The van der Waals surface area contributed by atoms with Crippen LogP contribution in [0, 0.1) is 5.92 Å². The Morgan fingerprint density at radius 2 is 2.19 bits per heavy atom. The first-order valence-electron chi connectivity index (χ1n) is 5.80. The number of hydrogen-bond acceptors (Lipinski definition) is 5. The summed E-state index contributed by atoms with van der Waals surface area (Å²) < 4.78 is 0. The van der Waals surface area contributed by atoms with Crippen molar-refractivity contribution in [2.75, 3.05) is 23.7 Å². The average Bonchev–Trinajstić information content (AvgIpc) is 3.10. The molecule has 4 N–H and O–H groups in total. The van der Waals surface area contributed by atoms with Crippen LogP contribution in [0.2, 0.25) is 0 Å². The second-order valence-electron chi connectivity index (χ2n) is 4.43. The van der Waals surface area contributed by atoms with E-state index < -0.39 is 0 Å². The Balaban J connectivity index is 1.87. The van der Waals surface area contributed by atoms with Crippen molar-refractivity contribution in [3.8, 4) is 0 Å². The quantitative estimate of drug-likeness (QED) is 0.669. The summed E-state index contributed by atoms with van der Waals surface area (Å²) in [7, 11) is 0. The lowest BCUT2D eigenvalue weighted by molar-refractivity contribution is 0.627. The number of anilines is 2. The van der Waals surface area contributed by atoms with Crippen molar-refractivity contribution in [2.24, 2.45) is 11.7 Å². The van der Waals surface area contributed by atoms with E-state index in [2.05, 4.69) is 27.5 Å². The van der Waals surface area contributed by atoms with Gasteiger partial charge in [-0.2, -0.15) is 0 Å². The fourth-order valence-electron chi connectivity index (χ4n) is 1.33. The van der Waals surface area contributed by atoms with Gasteiger partial charge in [-0.25, -0.2) is 9.97 Å². The standard InChI is InChI=1S/C11H19N5/c1-8(5-12)6-13-10-4-11(15-7-14-10)16-9-2-3-9/h4,7-9H,2-3,5-6,12H2,1H3,(H2,13,14,15,16). The molecule has 0 saturated heterocycles. The minimum absolute atomic E-state index is 0.454. The van der Waals surface area contributed by atoms with Gasteiger partial charge in [0, 0.05) is 18.7 Å². The Bertz CT molecular complexity index is 337. The van der Waals surface area contributed by atoms with E-state index in [0.29, 0.717) is 18.5 Å². The molecule has 0 amide bonds. The fraction of sp³-hybridized carbons (Fsp3) is 0.636. The Kier molecular flexibility index (Phi) is 3.56. The molecule has 1 atom stereocenters. The number of nitrogens with zero attached hydrogens (tertiary/aromatic N) is 2. The monoisotopic (exact) mass is 221 g/mol. The lowest BCUT2D eigenvalue weighted by Gasteiger charge is -2.11. The van der Waals surface area contributed by atoms with Gasteiger partial charge in [-0.05, 0) is 25.3 Å². The van der Waals surface area contributed by atoms with E-state index in [9.17, 15) is 0 Å². The van der Waals surface area contributed by atoms with Gasteiger partial charge < -0.3 is 16.4 Å². The zero-order valence-corrected chi connectivity index (χ0v) is 9.61. The van der Waals surface area contributed by atoms with E-state index in [4.69, 9.17) is 5.73 Å². The summed E-state index contributed by atoms with van der Waals surface area (Å²) >= 11 is 0. The van der Waals surface area contributed by atoms with Gasteiger partial charge in [0.2, 0.25) is 0 Å². The van der Waals surface area contributed by atoms with Crippen LogP contribution in [0.25, 0.3) is 0 Å². The molecule has 0 aliphatic heterocycles. The molecule has 5 heteroatoms. The minimum Gasteiger partial charge on any atom is -0.370 e. The van der Waals surface area contributed by atoms with Crippen molar-refractivity contribution < 1.29 is 0 Å². The zero-order valence-electron chi connectivity index (χ0n) is 9.61. The predicted octanol–water partition coefficient (Wildman–Crippen LogP) is 1.06. The third kappa shape index (κ3) is 3.34. The van der Waals surface area contributed by atoms with Crippen LogP contribution in [0.4, 0.5) is 11.6 Å². The summed E-state index contributed by atoms with van der Waals surface area (Å²) in [5.41, 5.74) is 5.56. The number of aromatic nitrogens is 2. The first-order valence-corrected chi connectivity index (χ1v) is 5.80. The van der Waals surface area contributed by atoms with Crippen molar-refractivity contribution in [1.29, 1.82) is 0 Å². The molecule has 0 bridgehead atoms. The van der Waals surface area contributed by atoms with Gasteiger partial charge in [0.1, 0.15) is 18.0 Å². The topological polar surface area (TPSA) is 75.9 Å². The fourth-order valence-corrected chi connectivity index (χ4v) is 1.33. The van der Waals surface area contributed by atoms with Gasteiger partial charge in [0.15, 0.2) is 0 Å². The van der Waals surface area contributed by atoms with Gasteiger partial charge >= 0.3 is 0 Å². The molecular weight excluding hydrogens is 202 g/mol. The summed E-state index contributed by atoms with van der Waals surface area (Å²) in [6.45, 7) is 3.64. The van der Waals surface area contributed by atoms with E-state index in [0.717, 1.165) is 18.2 Å². The van der Waals surface area contributed by atoms with Gasteiger partial charge in [-0.3, -0.25) is 0 Å². The maximum absolute atomic E-state index is 5.56. The molecule has 5 nitrogen and oxygen atoms in total. The summed E-state index contributed by atoms with van der Waals surface area (Å²) in [6, 6.07) is 2.56. The van der Waals surface area contributed by atoms with Crippen LogP contribution in [0.5, 0.6) is 0 Å². The predicted molar refractivity (Wildman–Crippen MR) is 65.4 cm³/mol. The number of hydrogen-bond donors (Lipinski definition) is 3. The molecule has 1 aliphatic carbocycles.